The lowest BCUT2D eigenvalue weighted by Gasteiger charge is -2.41. The first-order valence-electron chi connectivity index (χ1n) is 11.7. The number of halogens is 1. The number of rotatable bonds is 7. The first-order chi connectivity index (χ1) is 17.5. The molecule has 2 aliphatic heterocycles. The Morgan fingerprint density at radius 2 is 2.08 bits per heavy atom. The van der Waals surface area contributed by atoms with Crippen molar-refractivity contribution in [2.45, 2.75) is 18.9 Å². The third kappa shape index (κ3) is 5.07. The number of piperidine rings is 1. The molecule has 11 heteroatoms. The lowest BCUT2D eigenvalue weighted by atomic mass is 9.96. The first kappa shape index (κ1) is 24.9. The lowest BCUT2D eigenvalue weighted by molar-refractivity contribution is -0.146. The number of carbonyl (C=O) groups is 2. The smallest absolute Gasteiger partial charge is 0.246 e. The van der Waals surface area contributed by atoms with Crippen molar-refractivity contribution in [3.8, 4) is 11.8 Å². The zero-order valence-electron chi connectivity index (χ0n) is 20.0. The second-order valence-electron chi connectivity index (χ2n) is 8.71. The summed E-state index contributed by atoms with van der Waals surface area (Å²) < 4.78 is 19.2. The number of hydrogen-bond donors (Lipinski definition) is 1. The molecule has 0 unspecified atom stereocenters. The van der Waals surface area contributed by atoms with E-state index < -0.39 is 6.67 Å². The molecule has 2 aliphatic rings. The summed E-state index contributed by atoms with van der Waals surface area (Å²) >= 11 is 0. The fourth-order valence-electron chi connectivity index (χ4n) is 4.44. The van der Waals surface area contributed by atoms with Crippen LogP contribution in [0.4, 0.5) is 4.39 Å². The minimum atomic E-state index is -0.682. The number of methoxy groups -OCH3 is 1. The highest BCUT2D eigenvalue weighted by Gasteiger charge is 2.38. The van der Waals surface area contributed by atoms with Crippen LogP contribution in [-0.2, 0) is 9.59 Å². The Labute approximate surface area is 208 Å². The van der Waals surface area contributed by atoms with Gasteiger partial charge in [0.1, 0.15) is 29.6 Å². The second kappa shape index (κ2) is 11.0. The van der Waals surface area contributed by atoms with Crippen LogP contribution in [0.3, 0.4) is 0 Å². The van der Waals surface area contributed by atoms with E-state index in [9.17, 15) is 19.2 Å². The van der Waals surface area contributed by atoms with Crippen LogP contribution < -0.4 is 10.5 Å². The highest BCUT2D eigenvalue weighted by molar-refractivity contribution is 6.10. The normalized spacial score (nSPS) is 17.6. The average molecular weight is 494 g/mol. The van der Waals surface area contributed by atoms with Crippen molar-refractivity contribution in [2.75, 3.05) is 40.0 Å². The van der Waals surface area contributed by atoms with Gasteiger partial charge in [-0.1, -0.05) is 0 Å². The number of aromatic nitrogens is 2. The van der Waals surface area contributed by atoms with E-state index in [1.165, 1.54) is 31.7 Å². The summed E-state index contributed by atoms with van der Waals surface area (Å²) in [5, 5.41) is 13.5. The largest absolute Gasteiger partial charge is 0.494 e. The summed E-state index contributed by atoms with van der Waals surface area (Å²) in [6.07, 6.45) is 10.3. The molecule has 0 aromatic carbocycles. The molecule has 2 fully saturated rings. The Morgan fingerprint density at radius 3 is 2.72 bits per heavy atom. The third-order valence-electron chi connectivity index (χ3n) is 6.52. The van der Waals surface area contributed by atoms with Gasteiger partial charge in [-0.15, -0.1) is 0 Å². The maximum atomic E-state index is 12.8. The van der Waals surface area contributed by atoms with Crippen molar-refractivity contribution in [1.82, 2.24) is 19.4 Å². The molecule has 0 radical (unpaired) electrons. The maximum Gasteiger partial charge on any atom is 0.246 e. The molecule has 0 bridgehead atoms. The highest BCUT2D eigenvalue weighted by atomic mass is 19.1. The van der Waals surface area contributed by atoms with Crippen molar-refractivity contribution in [1.29, 1.82) is 5.26 Å². The monoisotopic (exact) mass is 493 g/mol. The Balaban J connectivity index is 1.33. The Hall–Kier alpha value is -4.20. The van der Waals surface area contributed by atoms with Crippen LogP contribution in [-0.4, -0.2) is 83.4 Å². The van der Waals surface area contributed by atoms with Crippen LogP contribution in [0.15, 0.2) is 41.8 Å². The van der Waals surface area contributed by atoms with Gasteiger partial charge in [0.25, 0.3) is 0 Å². The van der Waals surface area contributed by atoms with E-state index in [2.05, 4.69) is 11.2 Å². The highest BCUT2D eigenvalue weighted by Crippen LogP contribution is 2.27. The number of aliphatic imine (C=N–C) groups is 1. The Kier molecular flexibility index (Phi) is 7.63. The number of amides is 2. The molecule has 0 saturated carbocycles. The quantitative estimate of drug-likeness (QED) is 0.460. The van der Waals surface area contributed by atoms with Crippen LogP contribution in [0, 0.1) is 17.2 Å². The first-order valence-corrected chi connectivity index (χ1v) is 11.7. The number of hydrogen-bond acceptors (Lipinski definition) is 7. The molecule has 0 atom stereocenters. The van der Waals surface area contributed by atoms with Gasteiger partial charge in [-0.25, -0.2) is 8.91 Å². The molecule has 2 aromatic heterocycles. The van der Waals surface area contributed by atoms with Gasteiger partial charge in [0.15, 0.2) is 0 Å². The molecule has 188 valence electrons. The zero-order valence-corrected chi connectivity index (χ0v) is 20.0. The van der Waals surface area contributed by atoms with Crippen molar-refractivity contribution in [3.63, 3.8) is 0 Å². The van der Waals surface area contributed by atoms with Crippen LogP contribution >= 0.6 is 0 Å². The molecule has 0 aliphatic carbocycles. The summed E-state index contributed by atoms with van der Waals surface area (Å²) in [6, 6.07) is 3.95. The molecule has 2 aromatic rings. The minimum Gasteiger partial charge on any atom is -0.494 e. The van der Waals surface area contributed by atoms with Crippen molar-refractivity contribution < 1.29 is 18.7 Å². The van der Waals surface area contributed by atoms with Gasteiger partial charge in [0.2, 0.25) is 11.8 Å². The van der Waals surface area contributed by atoms with E-state index in [0.717, 1.165) is 18.4 Å². The van der Waals surface area contributed by atoms with E-state index >= 15 is 0 Å². The minimum absolute atomic E-state index is 0.0508. The standard InChI is InChI=1S/C25H28FN7O3/c1-36-22-9-17(16-33-24(22)19(11-28)13-30-33)18(10-27)12-29-21-4-7-31(8-5-21)25(35)20-14-32(15-20)23(34)3-2-6-26/h2-3,9-10,12-13,16,20-21H,4-8,14-15,27H2,1H3/b3-2+,18-10+,29-12?. The van der Waals surface area contributed by atoms with Crippen LogP contribution in [0.1, 0.15) is 24.0 Å². The van der Waals surface area contributed by atoms with E-state index in [0.29, 0.717) is 48.6 Å². The van der Waals surface area contributed by atoms with Gasteiger partial charge in [-0.05, 0) is 25.0 Å². The summed E-state index contributed by atoms with van der Waals surface area (Å²) in [4.78, 5) is 32.7. The number of allylic oxidation sites excluding steroid dienone is 2. The summed E-state index contributed by atoms with van der Waals surface area (Å²) in [7, 11) is 1.53. The molecule has 2 N–H and O–H groups in total. The molecule has 4 heterocycles. The van der Waals surface area contributed by atoms with Crippen molar-refractivity contribution in [2.24, 2.45) is 16.6 Å². The fourth-order valence-corrected chi connectivity index (χ4v) is 4.44. The molecule has 4 rings (SSSR count). The predicted octanol–water partition coefficient (Wildman–Crippen LogP) is 1.56. The lowest BCUT2D eigenvalue weighted by Crippen LogP contribution is -2.57. The van der Waals surface area contributed by atoms with Gasteiger partial charge in [-0.2, -0.15) is 10.4 Å². The molecular formula is C25H28FN7O3. The Morgan fingerprint density at radius 1 is 1.33 bits per heavy atom. The summed E-state index contributed by atoms with van der Waals surface area (Å²) in [5.74, 6) is 0.0994. The van der Waals surface area contributed by atoms with Gasteiger partial charge >= 0.3 is 0 Å². The number of pyridine rings is 1. The summed E-state index contributed by atoms with van der Waals surface area (Å²) in [5.41, 5.74) is 8.32. The average Bonchev–Trinajstić information content (AvgIpc) is 3.30. The molecule has 0 spiro atoms. The Bertz CT molecular complexity index is 1260. The number of likely N-dealkylation sites (tertiary alicyclic amines) is 2. The molecular weight excluding hydrogens is 465 g/mol. The molecule has 2 saturated heterocycles. The number of alkyl halides is 1. The van der Waals surface area contributed by atoms with E-state index in [1.54, 1.807) is 27.9 Å². The number of nitrogens with two attached hydrogens (primary N) is 1. The van der Waals surface area contributed by atoms with Crippen LogP contribution in [0.5, 0.6) is 5.75 Å². The number of nitrogens with zero attached hydrogens (tertiary/aromatic N) is 6. The number of fused-ring (bicyclic) bond motifs is 1. The molecule has 2 amide bonds. The van der Waals surface area contributed by atoms with Gasteiger partial charge < -0.3 is 20.3 Å². The summed E-state index contributed by atoms with van der Waals surface area (Å²) in [6.45, 7) is 1.25. The molecule has 36 heavy (non-hydrogen) atoms. The van der Waals surface area contributed by atoms with E-state index in [1.807, 2.05) is 4.90 Å². The maximum absolute atomic E-state index is 12.8. The topological polar surface area (TPSA) is 129 Å². The predicted molar refractivity (Wildman–Crippen MR) is 132 cm³/mol. The van der Waals surface area contributed by atoms with Crippen molar-refractivity contribution in [3.05, 3.63) is 47.9 Å². The fraction of sp³-hybridized carbons (Fsp3) is 0.400. The number of ether oxygens (including phenoxy) is 1. The SMILES string of the molecule is COc1cc(/C(C=NC2CCN(C(=O)C3CN(C(=O)/C=C/CF)C3)CC2)=C/N)cn2ncc(C#N)c12. The van der Waals surface area contributed by atoms with Crippen LogP contribution in [0.2, 0.25) is 0 Å². The molecule has 10 nitrogen and oxygen atoms in total. The van der Waals surface area contributed by atoms with E-state index in [4.69, 9.17) is 15.5 Å². The number of nitriles is 1. The zero-order chi connectivity index (χ0) is 25.7. The van der Waals surface area contributed by atoms with Crippen molar-refractivity contribution >= 4 is 29.1 Å². The van der Waals surface area contributed by atoms with Gasteiger partial charge in [-0.3, -0.25) is 14.6 Å². The van der Waals surface area contributed by atoms with Crippen LogP contribution in [0.25, 0.3) is 11.1 Å². The third-order valence-corrected chi connectivity index (χ3v) is 6.52. The van der Waals surface area contributed by atoms with Gasteiger partial charge in [0, 0.05) is 62.0 Å². The second-order valence-corrected chi connectivity index (χ2v) is 8.71. The van der Waals surface area contributed by atoms with Gasteiger partial charge in [0.05, 0.1) is 25.3 Å². The number of carbonyl (C=O) groups excluding carboxylic acids is 2. The van der Waals surface area contributed by atoms with E-state index in [-0.39, 0.29) is 23.8 Å².